The molecule has 2 amide bonds. The minimum absolute atomic E-state index is 0.0396. The molecular formula is C25H24FN3O8. The Kier molecular flexibility index (Phi) is 7.81. The van der Waals surface area contributed by atoms with Crippen molar-refractivity contribution >= 4 is 17.8 Å². The monoisotopic (exact) mass is 513 g/mol. The van der Waals surface area contributed by atoms with E-state index in [0.29, 0.717) is 21.3 Å². The summed E-state index contributed by atoms with van der Waals surface area (Å²) in [6.45, 7) is 1.66. The number of rotatable bonds is 8. The maximum absolute atomic E-state index is 14.5. The summed E-state index contributed by atoms with van der Waals surface area (Å²) >= 11 is 0. The van der Waals surface area contributed by atoms with Gasteiger partial charge in [0, 0.05) is 12.1 Å². The van der Waals surface area contributed by atoms with Crippen LogP contribution < -0.4 is 16.2 Å². The second kappa shape index (κ2) is 10.8. The van der Waals surface area contributed by atoms with Gasteiger partial charge in [-0.2, -0.15) is 0 Å². The normalized spacial score (nSPS) is 10.7. The zero-order valence-corrected chi connectivity index (χ0v) is 19.8. The molecule has 0 spiro atoms. The predicted octanol–water partition coefficient (Wildman–Crippen LogP) is 1.51. The number of phenols is 1. The van der Waals surface area contributed by atoms with E-state index in [1.54, 1.807) is 26.0 Å². The molecule has 194 valence electrons. The van der Waals surface area contributed by atoms with Crippen molar-refractivity contribution in [2.75, 3.05) is 6.54 Å². The number of benzene rings is 2. The minimum atomic E-state index is -1.43. The molecule has 0 aliphatic carbocycles. The van der Waals surface area contributed by atoms with E-state index < -0.39 is 65.0 Å². The quantitative estimate of drug-likeness (QED) is 0.262. The number of phenolic OH excluding ortho intramolecular Hbond substituents is 1. The van der Waals surface area contributed by atoms with Crippen molar-refractivity contribution < 1.29 is 39.2 Å². The summed E-state index contributed by atoms with van der Waals surface area (Å²) in [6, 6.07) is 8.60. The first-order valence-corrected chi connectivity index (χ1v) is 10.9. The molecular weight excluding hydrogens is 489 g/mol. The number of carbonyl (C=O) groups excluding carboxylic acids is 2. The second-order valence-electron chi connectivity index (χ2n) is 8.29. The molecule has 37 heavy (non-hydrogen) atoms. The number of carbonyl (C=O) groups is 3. The van der Waals surface area contributed by atoms with Gasteiger partial charge in [-0.1, -0.05) is 24.3 Å². The zero-order valence-electron chi connectivity index (χ0n) is 19.8. The third kappa shape index (κ3) is 5.86. The molecule has 3 aromatic rings. The Balaban J connectivity index is 2.08. The number of carboxylic acids is 1. The lowest BCUT2D eigenvalue weighted by Gasteiger charge is -2.17. The van der Waals surface area contributed by atoms with Crippen LogP contribution in [0.2, 0.25) is 0 Å². The fourth-order valence-corrected chi connectivity index (χ4v) is 3.55. The Morgan fingerprint density at radius 2 is 1.62 bits per heavy atom. The number of halogens is 1. The Morgan fingerprint density at radius 3 is 2.24 bits per heavy atom. The number of aromatic hydroxyl groups is 3. The number of hydrogen-bond acceptors (Lipinski definition) is 7. The Labute approximate surface area is 209 Å². The first-order chi connectivity index (χ1) is 17.4. The summed E-state index contributed by atoms with van der Waals surface area (Å²) < 4.78 is 15.0. The van der Waals surface area contributed by atoms with E-state index in [-0.39, 0.29) is 17.9 Å². The number of aliphatic carboxylic acids is 1. The van der Waals surface area contributed by atoms with E-state index in [1.807, 2.05) is 5.32 Å². The molecule has 0 unspecified atom stereocenters. The smallest absolute Gasteiger partial charge is 0.322 e. The summed E-state index contributed by atoms with van der Waals surface area (Å²) in [4.78, 5) is 49.5. The van der Waals surface area contributed by atoms with Gasteiger partial charge in [-0.15, -0.1) is 0 Å². The highest BCUT2D eigenvalue weighted by molar-refractivity contribution is 6.05. The van der Waals surface area contributed by atoms with Crippen molar-refractivity contribution in [3.05, 3.63) is 85.9 Å². The molecule has 6 N–H and O–H groups in total. The molecule has 2 aromatic carbocycles. The molecule has 3 rings (SSSR count). The number of carboxylic acid groups (broad SMARTS) is 1. The molecule has 0 aliphatic rings. The number of hydrogen-bond donors (Lipinski definition) is 6. The standard InChI is InChI=1S/C25H24FN3O8/c1-12-3-5-15(16(26)7-12)11-29-24(36)19(21(33)20(25(29)37)23(35)28-10-18(31)32)22(34)27-9-14-4-6-17(30)13(2)8-14/h3-8,30,33,36H,9-11H2,1-2H3,(H,27,34)(H,28,35)(H,31,32). The molecule has 0 bridgehead atoms. The van der Waals surface area contributed by atoms with Crippen LogP contribution in [-0.2, 0) is 17.9 Å². The summed E-state index contributed by atoms with van der Waals surface area (Å²) in [5, 5.41) is 44.3. The molecule has 0 saturated carbocycles. The largest absolute Gasteiger partial charge is 0.508 e. The van der Waals surface area contributed by atoms with Gasteiger partial charge in [-0.25, -0.2) is 4.39 Å². The predicted molar refractivity (Wildman–Crippen MR) is 128 cm³/mol. The van der Waals surface area contributed by atoms with Crippen molar-refractivity contribution in [1.82, 2.24) is 15.2 Å². The third-order valence-electron chi connectivity index (χ3n) is 5.52. The zero-order chi connectivity index (χ0) is 27.4. The molecule has 12 heteroatoms. The van der Waals surface area contributed by atoms with Gasteiger partial charge < -0.3 is 31.1 Å². The lowest BCUT2D eigenvalue weighted by Crippen LogP contribution is -2.37. The SMILES string of the molecule is Cc1ccc(Cn2c(O)c(C(=O)NCc3ccc(O)c(C)c3)c(O)c(C(=O)NCC(=O)O)c2=O)c(F)c1. The van der Waals surface area contributed by atoms with Crippen LogP contribution >= 0.6 is 0 Å². The van der Waals surface area contributed by atoms with Crippen molar-refractivity contribution in [1.29, 1.82) is 0 Å². The van der Waals surface area contributed by atoms with Crippen LogP contribution in [0.15, 0.2) is 41.2 Å². The molecule has 0 atom stereocenters. The van der Waals surface area contributed by atoms with Gasteiger partial charge in [0.05, 0.1) is 6.54 Å². The molecule has 1 aromatic heterocycles. The maximum atomic E-state index is 14.5. The number of pyridine rings is 1. The number of nitrogens with zero attached hydrogens (tertiary/aromatic N) is 1. The van der Waals surface area contributed by atoms with E-state index in [1.165, 1.54) is 24.3 Å². The lowest BCUT2D eigenvalue weighted by molar-refractivity contribution is -0.135. The van der Waals surface area contributed by atoms with Crippen LogP contribution in [0.25, 0.3) is 0 Å². The van der Waals surface area contributed by atoms with Crippen LogP contribution in [0.1, 0.15) is 43.0 Å². The second-order valence-corrected chi connectivity index (χ2v) is 8.29. The molecule has 0 radical (unpaired) electrons. The Morgan fingerprint density at radius 1 is 0.946 bits per heavy atom. The number of aromatic nitrogens is 1. The first kappa shape index (κ1) is 26.7. The number of amides is 2. The summed E-state index contributed by atoms with van der Waals surface area (Å²) in [5.74, 6) is -6.71. The lowest BCUT2D eigenvalue weighted by atomic mass is 10.1. The van der Waals surface area contributed by atoms with Crippen LogP contribution in [-0.4, -0.2) is 49.3 Å². The maximum Gasteiger partial charge on any atom is 0.322 e. The van der Waals surface area contributed by atoms with Crippen LogP contribution in [0.5, 0.6) is 17.4 Å². The topological polar surface area (TPSA) is 178 Å². The number of nitrogens with one attached hydrogen (secondary N) is 2. The fraction of sp³-hybridized carbons (Fsp3) is 0.200. The van der Waals surface area contributed by atoms with Gasteiger partial charge in [-0.05, 0) is 42.7 Å². The molecule has 0 fully saturated rings. The van der Waals surface area contributed by atoms with Crippen LogP contribution in [0.4, 0.5) is 4.39 Å². The minimum Gasteiger partial charge on any atom is -0.508 e. The van der Waals surface area contributed by atoms with E-state index in [0.717, 1.165) is 0 Å². The van der Waals surface area contributed by atoms with Crippen molar-refractivity contribution in [2.45, 2.75) is 26.9 Å². The molecule has 0 aliphatic heterocycles. The van der Waals surface area contributed by atoms with Crippen molar-refractivity contribution in [2.24, 2.45) is 0 Å². The van der Waals surface area contributed by atoms with Gasteiger partial charge in [0.1, 0.15) is 29.2 Å². The van der Waals surface area contributed by atoms with Gasteiger partial charge >= 0.3 is 5.97 Å². The van der Waals surface area contributed by atoms with E-state index >= 15 is 0 Å². The van der Waals surface area contributed by atoms with Gasteiger partial charge in [0.15, 0.2) is 5.75 Å². The molecule has 1 heterocycles. The van der Waals surface area contributed by atoms with Gasteiger partial charge in [0.2, 0.25) is 5.88 Å². The van der Waals surface area contributed by atoms with E-state index in [2.05, 4.69) is 5.32 Å². The average Bonchev–Trinajstić information content (AvgIpc) is 2.82. The molecule has 11 nitrogen and oxygen atoms in total. The van der Waals surface area contributed by atoms with Crippen LogP contribution in [0, 0.1) is 19.7 Å². The van der Waals surface area contributed by atoms with E-state index in [4.69, 9.17) is 5.11 Å². The van der Waals surface area contributed by atoms with Gasteiger partial charge in [-0.3, -0.25) is 23.7 Å². The highest BCUT2D eigenvalue weighted by Gasteiger charge is 2.30. The summed E-state index contributed by atoms with van der Waals surface area (Å²) in [6.07, 6.45) is 0. The highest BCUT2D eigenvalue weighted by atomic mass is 19.1. The summed E-state index contributed by atoms with van der Waals surface area (Å²) in [7, 11) is 0. The third-order valence-corrected chi connectivity index (χ3v) is 5.52. The number of aryl methyl sites for hydroxylation is 2. The highest BCUT2D eigenvalue weighted by Crippen LogP contribution is 2.29. The molecule has 0 saturated heterocycles. The summed E-state index contributed by atoms with van der Waals surface area (Å²) in [5.41, 5.74) is -1.51. The fourth-order valence-electron chi connectivity index (χ4n) is 3.55. The Bertz CT molecular complexity index is 1470. The van der Waals surface area contributed by atoms with Crippen LogP contribution in [0.3, 0.4) is 0 Å². The van der Waals surface area contributed by atoms with Gasteiger partial charge in [0.25, 0.3) is 17.4 Å². The van der Waals surface area contributed by atoms with Crippen molar-refractivity contribution in [3.63, 3.8) is 0 Å². The van der Waals surface area contributed by atoms with E-state index in [9.17, 15) is 38.9 Å². The Hall–Kier alpha value is -4.87. The first-order valence-electron chi connectivity index (χ1n) is 10.9. The van der Waals surface area contributed by atoms with Crippen molar-refractivity contribution in [3.8, 4) is 17.4 Å². The average molecular weight is 513 g/mol.